The van der Waals surface area contributed by atoms with Crippen molar-refractivity contribution in [3.05, 3.63) is 20.4 Å². The van der Waals surface area contributed by atoms with Crippen LogP contribution in [0.15, 0.2) is 9.59 Å². The number of hydrogen-bond donors (Lipinski definition) is 0. The Kier molecular flexibility index (Phi) is 4.91. The van der Waals surface area contributed by atoms with Crippen molar-refractivity contribution in [2.45, 2.75) is 59.9 Å². The van der Waals surface area contributed by atoms with Gasteiger partial charge in [-0.3, -0.25) is 9.59 Å². The van der Waals surface area contributed by atoms with E-state index in [1.54, 1.807) is 0 Å². The number of rotatable bonds is 5. The molecule has 0 aliphatic carbocycles. The second kappa shape index (κ2) is 5.82. The summed E-state index contributed by atoms with van der Waals surface area (Å²) < 4.78 is 0. The van der Waals surface area contributed by atoms with E-state index >= 15 is 0 Å². The van der Waals surface area contributed by atoms with Crippen LogP contribution in [0.3, 0.4) is 0 Å². The van der Waals surface area contributed by atoms with Gasteiger partial charge in [0.05, 0.1) is 0 Å². The molecule has 0 saturated carbocycles. The maximum absolute atomic E-state index is 11.9. The van der Waals surface area contributed by atoms with E-state index in [0.717, 1.165) is 19.4 Å². The zero-order chi connectivity index (χ0) is 16.6. The third-order valence-electron chi connectivity index (χ3n) is 4.00. The van der Waals surface area contributed by atoms with Crippen molar-refractivity contribution < 1.29 is 0 Å². The zero-order valence-corrected chi connectivity index (χ0v) is 14.8. The molecule has 0 spiro atoms. The first kappa shape index (κ1) is 17.7. The monoisotopic (exact) mass is 294 g/mol. The summed E-state index contributed by atoms with van der Waals surface area (Å²) in [5.74, 6) is 0. The molecule has 0 aliphatic heterocycles. The van der Waals surface area contributed by atoms with Gasteiger partial charge in [-0.15, -0.1) is 0 Å². The van der Waals surface area contributed by atoms with Crippen molar-refractivity contribution in [3.8, 4) is 0 Å². The lowest BCUT2D eigenvalue weighted by molar-refractivity contribution is 0.367. The van der Waals surface area contributed by atoms with E-state index in [9.17, 15) is 9.59 Å². The summed E-state index contributed by atoms with van der Waals surface area (Å²) in [6.45, 7) is 13.5. The third kappa shape index (κ3) is 4.08. The summed E-state index contributed by atoms with van der Waals surface area (Å²) in [5, 5.41) is 0. The summed E-state index contributed by atoms with van der Waals surface area (Å²) in [7, 11) is 3.78. The van der Waals surface area contributed by atoms with Gasteiger partial charge in [-0.25, -0.2) is 0 Å². The van der Waals surface area contributed by atoms with Gasteiger partial charge >= 0.3 is 0 Å². The fourth-order valence-corrected chi connectivity index (χ4v) is 2.33. The van der Waals surface area contributed by atoms with Gasteiger partial charge in [-0.1, -0.05) is 20.8 Å². The quantitative estimate of drug-likeness (QED) is 0.783. The van der Waals surface area contributed by atoms with E-state index in [-0.39, 0.29) is 16.4 Å². The predicted octanol–water partition coefficient (Wildman–Crippen LogP) is 2.78. The van der Waals surface area contributed by atoms with Gasteiger partial charge in [0.1, 0.15) is 11.4 Å². The average Bonchev–Trinajstić information content (AvgIpc) is 2.30. The first-order valence-electron chi connectivity index (χ1n) is 7.64. The molecule has 0 atom stereocenters. The van der Waals surface area contributed by atoms with Gasteiger partial charge in [0.2, 0.25) is 0 Å². The normalized spacial score (nSPS) is 12.8. The number of anilines is 2. The molecular weight excluding hydrogens is 264 g/mol. The molecule has 1 aromatic rings. The second-order valence-corrected chi connectivity index (χ2v) is 8.17. The first-order chi connectivity index (χ1) is 9.36. The van der Waals surface area contributed by atoms with Crippen molar-refractivity contribution in [1.82, 2.24) is 0 Å². The van der Waals surface area contributed by atoms with Crippen LogP contribution in [0.1, 0.15) is 54.4 Å². The summed E-state index contributed by atoms with van der Waals surface area (Å²) in [6, 6.07) is 0. The van der Waals surface area contributed by atoms with Crippen molar-refractivity contribution in [2.24, 2.45) is 5.41 Å². The number of nitrogens with zero attached hydrogens (tertiary/aromatic N) is 2. The van der Waals surface area contributed by atoms with Gasteiger partial charge in [0.25, 0.3) is 10.9 Å². The van der Waals surface area contributed by atoms with E-state index < -0.39 is 0 Å². The van der Waals surface area contributed by atoms with Crippen LogP contribution in [-0.4, -0.2) is 26.2 Å². The van der Waals surface area contributed by atoms with Gasteiger partial charge in [-0.05, 0) is 39.0 Å². The van der Waals surface area contributed by atoms with Gasteiger partial charge < -0.3 is 9.80 Å². The third-order valence-corrected chi connectivity index (χ3v) is 4.00. The topological polar surface area (TPSA) is 40.6 Å². The Morgan fingerprint density at radius 1 is 0.857 bits per heavy atom. The Morgan fingerprint density at radius 3 is 1.76 bits per heavy atom. The lowest BCUT2D eigenvalue weighted by atomic mass is 9.90. The Balaban J connectivity index is 2.87. The van der Waals surface area contributed by atoms with E-state index in [1.165, 1.54) is 0 Å². The summed E-state index contributed by atoms with van der Waals surface area (Å²) in [6.07, 6.45) is 2.11. The molecule has 0 unspecified atom stereocenters. The summed E-state index contributed by atoms with van der Waals surface area (Å²) in [4.78, 5) is 27.7. The molecule has 0 fully saturated rings. The Bertz CT molecular complexity index is 555. The minimum atomic E-state index is -0.356. The smallest absolute Gasteiger partial charge is 0.253 e. The Morgan fingerprint density at radius 2 is 1.33 bits per heavy atom. The van der Waals surface area contributed by atoms with Crippen LogP contribution in [0, 0.1) is 5.41 Å². The highest BCUT2D eigenvalue weighted by Crippen LogP contribution is 2.28. The molecule has 120 valence electrons. The van der Waals surface area contributed by atoms with Gasteiger partial charge in [0.15, 0.2) is 0 Å². The van der Waals surface area contributed by atoms with Crippen LogP contribution < -0.4 is 20.7 Å². The summed E-state index contributed by atoms with van der Waals surface area (Å²) >= 11 is 0. The molecule has 0 bridgehead atoms. The molecule has 0 amide bonds. The molecule has 4 heteroatoms. The lowest BCUT2D eigenvalue weighted by Gasteiger charge is -2.37. The van der Waals surface area contributed by atoms with E-state index in [4.69, 9.17) is 0 Å². The molecule has 1 aromatic carbocycles. The molecule has 0 aromatic heterocycles. The van der Waals surface area contributed by atoms with E-state index in [2.05, 4.69) is 20.8 Å². The minimum Gasteiger partial charge on any atom is -0.370 e. The van der Waals surface area contributed by atoms with Crippen LogP contribution in [-0.2, 0) is 0 Å². The molecule has 0 N–H and O–H groups in total. The second-order valence-electron chi connectivity index (χ2n) is 8.17. The van der Waals surface area contributed by atoms with Crippen molar-refractivity contribution >= 4 is 11.4 Å². The molecule has 0 aliphatic rings. The molecule has 0 radical (unpaired) electrons. The van der Waals surface area contributed by atoms with Crippen LogP contribution >= 0.6 is 0 Å². The number of hydrogen-bond acceptors (Lipinski definition) is 4. The predicted molar refractivity (Wildman–Crippen MR) is 91.5 cm³/mol. The minimum absolute atomic E-state index is 0.177. The van der Waals surface area contributed by atoms with Crippen LogP contribution in [0.5, 0.6) is 0 Å². The van der Waals surface area contributed by atoms with Gasteiger partial charge in [-0.2, -0.15) is 0 Å². The molecule has 0 heterocycles. The van der Waals surface area contributed by atoms with Gasteiger partial charge in [0, 0.05) is 26.2 Å². The van der Waals surface area contributed by atoms with Crippen molar-refractivity contribution in [2.75, 3.05) is 30.4 Å². The maximum Gasteiger partial charge on any atom is 0.253 e. The maximum atomic E-state index is 11.9. The van der Waals surface area contributed by atoms with E-state index in [0.29, 0.717) is 16.8 Å². The van der Waals surface area contributed by atoms with Crippen molar-refractivity contribution in [1.29, 1.82) is 0 Å². The van der Waals surface area contributed by atoms with Crippen LogP contribution in [0.4, 0.5) is 11.4 Å². The standard InChI is InChI=1S/C17H30N2O2/c1-16(2,3)10-9-11-18(7)12-13(15(21)14(12)20)19(8)17(4,5)6/h9-11H2,1-8H3. The highest BCUT2D eigenvalue weighted by Gasteiger charge is 2.31. The van der Waals surface area contributed by atoms with Crippen LogP contribution in [0.2, 0.25) is 0 Å². The largest absolute Gasteiger partial charge is 0.370 e. The van der Waals surface area contributed by atoms with E-state index in [1.807, 2.05) is 44.7 Å². The first-order valence-corrected chi connectivity index (χ1v) is 7.64. The Labute approximate surface area is 128 Å². The molecule has 21 heavy (non-hydrogen) atoms. The van der Waals surface area contributed by atoms with Crippen molar-refractivity contribution in [3.63, 3.8) is 0 Å². The highest BCUT2D eigenvalue weighted by molar-refractivity contribution is 5.76. The summed E-state index contributed by atoms with van der Waals surface area (Å²) in [5.41, 5.74) is 0.546. The Hall–Kier alpha value is -1.32. The van der Waals surface area contributed by atoms with Crippen LogP contribution in [0.25, 0.3) is 0 Å². The highest BCUT2D eigenvalue weighted by atomic mass is 16.2. The molecular formula is C17H30N2O2. The molecule has 4 nitrogen and oxygen atoms in total. The molecule has 1 rings (SSSR count). The fraction of sp³-hybridized carbons (Fsp3) is 0.765. The average molecular weight is 294 g/mol. The molecule has 0 saturated heterocycles. The SMILES string of the molecule is CN(CCCC(C)(C)C)c1c(N(C)C(C)(C)C)c(=O)c1=O. The fourth-order valence-electron chi connectivity index (χ4n) is 2.33. The zero-order valence-electron chi connectivity index (χ0n) is 14.8. The lowest BCUT2D eigenvalue weighted by Crippen LogP contribution is -2.50.